The van der Waals surface area contributed by atoms with Crippen LogP contribution in [0.4, 0.5) is 8.78 Å². The first-order chi connectivity index (χ1) is 10.5. The van der Waals surface area contributed by atoms with Crippen molar-refractivity contribution in [3.05, 3.63) is 66.3 Å². The van der Waals surface area contributed by atoms with Crippen LogP contribution >= 0.6 is 0 Å². The van der Waals surface area contributed by atoms with Crippen LogP contribution in [0.1, 0.15) is 11.7 Å². The van der Waals surface area contributed by atoms with Crippen LogP contribution in [-0.4, -0.2) is 15.5 Å². The molecular weight excluding hydrogens is 286 g/mol. The van der Waals surface area contributed by atoms with Gasteiger partial charge in [0.2, 0.25) is 0 Å². The lowest BCUT2D eigenvalue weighted by Gasteiger charge is -2.07. The van der Waals surface area contributed by atoms with E-state index in [2.05, 4.69) is 11.6 Å². The van der Waals surface area contributed by atoms with Crippen LogP contribution in [0.2, 0.25) is 0 Å². The van der Waals surface area contributed by atoms with Crippen LogP contribution < -0.4 is 0 Å². The van der Waals surface area contributed by atoms with Crippen LogP contribution in [0.5, 0.6) is 0 Å². The molecule has 0 radical (unpaired) electrons. The van der Waals surface area contributed by atoms with Gasteiger partial charge in [0.1, 0.15) is 5.82 Å². The number of halogens is 2. The Morgan fingerprint density at radius 3 is 2.41 bits per heavy atom. The van der Waals surface area contributed by atoms with Gasteiger partial charge in [-0.1, -0.05) is 36.9 Å². The minimum atomic E-state index is -1.03. The molecule has 0 spiro atoms. The molecule has 0 aliphatic carbocycles. The summed E-state index contributed by atoms with van der Waals surface area (Å²) in [5.74, 6) is -2.11. The number of hydrogen-bond acceptors (Lipinski definition) is 2. The molecule has 3 rings (SSSR count). The van der Waals surface area contributed by atoms with E-state index in [1.165, 1.54) is 4.57 Å². The predicted molar refractivity (Wildman–Crippen MR) is 80.5 cm³/mol. The lowest BCUT2D eigenvalue weighted by atomic mass is 10.2. The minimum Gasteiger partial charge on any atom is -0.269 e. The molecule has 1 heterocycles. The van der Waals surface area contributed by atoms with E-state index >= 15 is 0 Å². The number of benzene rings is 2. The summed E-state index contributed by atoms with van der Waals surface area (Å²) in [4.78, 5) is 16.7. The van der Waals surface area contributed by atoms with Gasteiger partial charge in [-0.3, -0.25) is 9.36 Å². The summed E-state index contributed by atoms with van der Waals surface area (Å²) in [6.07, 6.45) is 0. The predicted octanol–water partition coefficient (Wildman–Crippen LogP) is 4.20. The zero-order valence-corrected chi connectivity index (χ0v) is 11.8. The van der Waals surface area contributed by atoms with Crippen LogP contribution in [0.25, 0.3) is 22.4 Å². The average Bonchev–Trinajstić information content (AvgIpc) is 2.86. The molecule has 0 saturated carbocycles. The largest absolute Gasteiger partial charge is 0.269 e. The molecule has 0 atom stereocenters. The molecular formula is C17H12F2N2O. The number of carbonyl (C=O) groups is 1. The number of allylic oxidation sites excluding steroid dienone is 1. The molecule has 110 valence electrons. The van der Waals surface area contributed by atoms with Crippen molar-refractivity contribution in [2.45, 2.75) is 6.92 Å². The van der Waals surface area contributed by atoms with Crippen LogP contribution in [0.3, 0.4) is 0 Å². The van der Waals surface area contributed by atoms with Crippen LogP contribution in [0, 0.1) is 11.6 Å². The summed E-state index contributed by atoms with van der Waals surface area (Å²) in [7, 11) is 0. The molecule has 0 saturated heterocycles. The van der Waals surface area contributed by atoms with E-state index in [0.717, 1.165) is 12.1 Å². The summed E-state index contributed by atoms with van der Waals surface area (Å²) in [6, 6.07) is 10.9. The number of rotatable bonds is 2. The summed E-state index contributed by atoms with van der Waals surface area (Å²) < 4.78 is 28.2. The van der Waals surface area contributed by atoms with Gasteiger partial charge in [-0.05, 0) is 6.92 Å². The minimum absolute atomic E-state index is 0.214. The third-order valence-corrected chi connectivity index (χ3v) is 3.30. The Hall–Kier alpha value is -2.82. The van der Waals surface area contributed by atoms with Gasteiger partial charge >= 0.3 is 0 Å². The van der Waals surface area contributed by atoms with Gasteiger partial charge in [0.15, 0.2) is 11.6 Å². The lowest BCUT2D eigenvalue weighted by molar-refractivity contribution is 0.0962. The standard InChI is InChI=1S/C17H12F2N2O/c1-10(2)17(22)21-15-9-13(19)12(18)8-14(15)20-16(21)11-6-4-3-5-7-11/h3-9H,1H2,2H3. The van der Waals surface area contributed by atoms with Crippen LogP contribution in [-0.2, 0) is 0 Å². The highest BCUT2D eigenvalue weighted by molar-refractivity contribution is 6.03. The second-order valence-electron chi connectivity index (χ2n) is 4.98. The van der Waals surface area contributed by atoms with Crippen molar-refractivity contribution in [2.24, 2.45) is 0 Å². The van der Waals surface area contributed by atoms with Crippen molar-refractivity contribution in [3.63, 3.8) is 0 Å². The topological polar surface area (TPSA) is 34.9 Å². The number of hydrogen-bond donors (Lipinski definition) is 0. The highest BCUT2D eigenvalue weighted by Crippen LogP contribution is 2.27. The number of aromatic nitrogens is 2. The molecule has 0 aliphatic rings. The van der Waals surface area contributed by atoms with Gasteiger partial charge in [0, 0.05) is 23.3 Å². The maximum Gasteiger partial charge on any atom is 0.259 e. The van der Waals surface area contributed by atoms with E-state index < -0.39 is 17.5 Å². The van der Waals surface area contributed by atoms with E-state index in [4.69, 9.17) is 0 Å². The Labute approximate surface area is 125 Å². The van der Waals surface area contributed by atoms with Gasteiger partial charge in [0.05, 0.1) is 11.0 Å². The fraction of sp³-hybridized carbons (Fsp3) is 0.0588. The van der Waals surface area contributed by atoms with Crippen molar-refractivity contribution in [2.75, 3.05) is 0 Å². The van der Waals surface area contributed by atoms with E-state index in [1.807, 2.05) is 6.07 Å². The summed E-state index contributed by atoms with van der Waals surface area (Å²) in [6.45, 7) is 5.18. The van der Waals surface area contributed by atoms with Gasteiger partial charge in [-0.2, -0.15) is 0 Å². The number of nitrogens with zero attached hydrogens (tertiary/aromatic N) is 2. The monoisotopic (exact) mass is 298 g/mol. The first kappa shape index (κ1) is 14.1. The smallest absolute Gasteiger partial charge is 0.259 e. The Bertz CT molecular complexity index is 898. The van der Waals surface area contributed by atoms with Crippen molar-refractivity contribution in [1.82, 2.24) is 9.55 Å². The summed E-state index contributed by atoms with van der Waals surface area (Å²) in [5.41, 5.74) is 1.38. The zero-order valence-electron chi connectivity index (χ0n) is 11.8. The van der Waals surface area contributed by atoms with Crippen molar-refractivity contribution >= 4 is 16.9 Å². The number of imidazole rings is 1. The van der Waals surface area contributed by atoms with Crippen molar-refractivity contribution in [1.29, 1.82) is 0 Å². The van der Waals surface area contributed by atoms with Crippen LogP contribution in [0.15, 0.2) is 54.6 Å². The zero-order chi connectivity index (χ0) is 15.9. The van der Waals surface area contributed by atoms with E-state index in [-0.39, 0.29) is 16.6 Å². The molecule has 5 heteroatoms. The Morgan fingerprint density at radius 1 is 1.14 bits per heavy atom. The normalized spacial score (nSPS) is 10.9. The second-order valence-corrected chi connectivity index (χ2v) is 4.98. The number of fused-ring (bicyclic) bond motifs is 1. The summed E-state index contributed by atoms with van der Waals surface area (Å²) in [5, 5.41) is 0. The molecule has 3 nitrogen and oxygen atoms in total. The molecule has 22 heavy (non-hydrogen) atoms. The third-order valence-electron chi connectivity index (χ3n) is 3.30. The molecule has 0 N–H and O–H groups in total. The molecule has 0 aliphatic heterocycles. The Morgan fingerprint density at radius 2 is 1.77 bits per heavy atom. The maximum absolute atomic E-state index is 13.6. The molecule has 0 fully saturated rings. The first-order valence-corrected chi connectivity index (χ1v) is 6.62. The lowest BCUT2D eigenvalue weighted by Crippen LogP contribution is -2.12. The average molecular weight is 298 g/mol. The molecule has 0 bridgehead atoms. The molecule has 3 aromatic rings. The quantitative estimate of drug-likeness (QED) is 0.665. The van der Waals surface area contributed by atoms with Crippen molar-refractivity contribution in [3.8, 4) is 11.4 Å². The fourth-order valence-corrected chi connectivity index (χ4v) is 2.25. The van der Waals surface area contributed by atoms with Gasteiger partial charge in [-0.15, -0.1) is 0 Å². The van der Waals surface area contributed by atoms with Gasteiger partial charge in [0.25, 0.3) is 5.91 Å². The van der Waals surface area contributed by atoms with E-state index in [1.54, 1.807) is 31.2 Å². The highest BCUT2D eigenvalue weighted by Gasteiger charge is 2.20. The van der Waals surface area contributed by atoms with E-state index in [9.17, 15) is 13.6 Å². The molecule has 2 aromatic carbocycles. The fourth-order valence-electron chi connectivity index (χ4n) is 2.25. The molecule has 1 aromatic heterocycles. The second kappa shape index (κ2) is 5.18. The summed E-state index contributed by atoms with van der Waals surface area (Å²) >= 11 is 0. The van der Waals surface area contributed by atoms with Gasteiger partial charge in [-0.25, -0.2) is 13.8 Å². The number of carbonyl (C=O) groups excluding carboxylic acids is 1. The highest BCUT2D eigenvalue weighted by atomic mass is 19.2. The SMILES string of the molecule is C=C(C)C(=O)n1c(-c2ccccc2)nc2cc(F)c(F)cc21. The van der Waals surface area contributed by atoms with Crippen molar-refractivity contribution < 1.29 is 13.6 Å². The van der Waals surface area contributed by atoms with Gasteiger partial charge < -0.3 is 0 Å². The Kier molecular flexibility index (Phi) is 3.33. The first-order valence-electron chi connectivity index (χ1n) is 6.62. The third kappa shape index (κ3) is 2.20. The van der Waals surface area contributed by atoms with E-state index in [0.29, 0.717) is 11.4 Å². The molecule has 0 amide bonds. The maximum atomic E-state index is 13.6. The Balaban J connectivity index is 2.38. The molecule has 0 unspecified atom stereocenters.